The molecule has 4 nitrogen and oxygen atoms in total. The molecule has 0 atom stereocenters. The van der Waals surface area contributed by atoms with Gasteiger partial charge in [0.2, 0.25) is 5.91 Å². The van der Waals surface area contributed by atoms with E-state index < -0.39 is 5.82 Å². The topological polar surface area (TPSA) is 56.1 Å². The number of hydrogen-bond donors (Lipinski definition) is 1. The van der Waals surface area contributed by atoms with Crippen LogP contribution >= 0.6 is 0 Å². The molecule has 1 saturated heterocycles. The largest absolute Gasteiger partial charge is 0.356 e. The van der Waals surface area contributed by atoms with Crippen LogP contribution in [0.5, 0.6) is 0 Å². The molecular formula is C16H20FN3O. The lowest BCUT2D eigenvalue weighted by Gasteiger charge is -2.32. The van der Waals surface area contributed by atoms with Gasteiger partial charge in [0.25, 0.3) is 0 Å². The predicted octanol–water partition coefficient (Wildman–Crippen LogP) is 2.05. The lowest BCUT2D eigenvalue weighted by molar-refractivity contribution is -0.119. The molecule has 112 valence electrons. The maximum absolute atomic E-state index is 14.0. The Kier molecular flexibility index (Phi) is 5.29. The predicted molar refractivity (Wildman–Crippen MR) is 77.8 cm³/mol. The Labute approximate surface area is 124 Å². The van der Waals surface area contributed by atoms with Crippen LogP contribution < -0.4 is 5.32 Å². The Hall–Kier alpha value is -1.93. The van der Waals surface area contributed by atoms with Gasteiger partial charge < -0.3 is 5.32 Å². The minimum absolute atomic E-state index is 0.00724. The summed E-state index contributed by atoms with van der Waals surface area (Å²) in [5, 5.41) is 11.7. The lowest BCUT2D eigenvalue weighted by Crippen LogP contribution is -2.38. The lowest BCUT2D eigenvalue weighted by atomic mass is 9.96. The Morgan fingerprint density at radius 2 is 2.19 bits per heavy atom. The minimum atomic E-state index is -0.402. The molecule has 1 aliphatic rings. The number of nitriles is 1. The molecule has 0 radical (unpaired) electrons. The van der Waals surface area contributed by atoms with E-state index in [1.54, 1.807) is 12.1 Å². The van der Waals surface area contributed by atoms with E-state index in [1.807, 2.05) is 6.07 Å². The first-order chi connectivity index (χ1) is 10.1. The highest BCUT2D eigenvalue weighted by molar-refractivity contribution is 5.72. The third kappa shape index (κ3) is 4.27. The normalized spacial score (nSPS) is 16.4. The molecule has 0 bridgehead atoms. The van der Waals surface area contributed by atoms with Crippen LogP contribution in [0.2, 0.25) is 0 Å². The number of likely N-dealkylation sites (tertiary alicyclic amines) is 1. The van der Waals surface area contributed by atoms with Crippen LogP contribution in [-0.2, 0) is 11.3 Å². The van der Waals surface area contributed by atoms with E-state index in [1.165, 1.54) is 13.0 Å². The second-order valence-electron chi connectivity index (χ2n) is 5.55. The first-order valence-electron chi connectivity index (χ1n) is 7.24. The van der Waals surface area contributed by atoms with Gasteiger partial charge in [-0.3, -0.25) is 9.69 Å². The minimum Gasteiger partial charge on any atom is -0.356 e. The zero-order valence-electron chi connectivity index (χ0n) is 12.2. The number of carbonyl (C=O) groups is 1. The summed E-state index contributed by atoms with van der Waals surface area (Å²) in [6.07, 6.45) is 2.00. The Balaban J connectivity index is 1.87. The average Bonchev–Trinajstić information content (AvgIpc) is 2.48. The molecule has 0 aromatic heterocycles. The zero-order valence-corrected chi connectivity index (χ0v) is 12.2. The van der Waals surface area contributed by atoms with E-state index in [4.69, 9.17) is 5.26 Å². The number of benzene rings is 1. The SMILES string of the molecule is CC(=O)NCC1CCN(Cc2cccc(C#N)c2F)CC1. The Morgan fingerprint density at radius 1 is 1.48 bits per heavy atom. The third-order valence-electron chi connectivity index (χ3n) is 3.94. The fourth-order valence-electron chi connectivity index (χ4n) is 2.67. The molecular weight excluding hydrogens is 269 g/mol. The van der Waals surface area contributed by atoms with Gasteiger partial charge in [-0.25, -0.2) is 4.39 Å². The van der Waals surface area contributed by atoms with Gasteiger partial charge in [0.15, 0.2) is 0 Å². The van der Waals surface area contributed by atoms with Crippen molar-refractivity contribution in [3.63, 3.8) is 0 Å². The zero-order chi connectivity index (χ0) is 15.2. The summed E-state index contributed by atoms with van der Waals surface area (Å²) in [5.41, 5.74) is 0.683. The quantitative estimate of drug-likeness (QED) is 0.923. The highest BCUT2D eigenvalue weighted by Gasteiger charge is 2.20. The van der Waals surface area contributed by atoms with Crippen molar-refractivity contribution in [2.75, 3.05) is 19.6 Å². The molecule has 1 N–H and O–H groups in total. The highest BCUT2D eigenvalue weighted by atomic mass is 19.1. The summed E-state index contributed by atoms with van der Waals surface area (Å²) < 4.78 is 14.0. The smallest absolute Gasteiger partial charge is 0.216 e. The van der Waals surface area contributed by atoms with Crippen molar-refractivity contribution >= 4 is 5.91 Å². The number of nitrogens with one attached hydrogen (secondary N) is 1. The van der Waals surface area contributed by atoms with Crippen LogP contribution in [0, 0.1) is 23.1 Å². The molecule has 2 rings (SSSR count). The van der Waals surface area contributed by atoms with E-state index in [0.29, 0.717) is 18.0 Å². The summed E-state index contributed by atoms with van der Waals surface area (Å²) in [6.45, 7) is 4.57. The first-order valence-corrected chi connectivity index (χ1v) is 7.24. The van der Waals surface area contributed by atoms with E-state index in [0.717, 1.165) is 32.5 Å². The molecule has 1 aromatic rings. The molecule has 1 amide bonds. The van der Waals surface area contributed by atoms with Gasteiger partial charge in [0.1, 0.15) is 11.9 Å². The monoisotopic (exact) mass is 289 g/mol. The van der Waals surface area contributed by atoms with Gasteiger partial charge in [-0.2, -0.15) is 5.26 Å². The van der Waals surface area contributed by atoms with Crippen LogP contribution in [0.4, 0.5) is 4.39 Å². The second kappa shape index (κ2) is 7.19. The average molecular weight is 289 g/mol. The fraction of sp³-hybridized carbons (Fsp3) is 0.500. The summed E-state index contributed by atoms with van der Waals surface area (Å²) in [7, 11) is 0. The number of hydrogen-bond acceptors (Lipinski definition) is 3. The van der Waals surface area contributed by atoms with Crippen molar-refractivity contribution in [1.29, 1.82) is 5.26 Å². The van der Waals surface area contributed by atoms with Crippen molar-refractivity contribution in [2.24, 2.45) is 5.92 Å². The van der Waals surface area contributed by atoms with Gasteiger partial charge >= 0.3 is 0 Å². The van der Waals surface area contributed by atoms with E-state index in [-0.39, 0.29) is 11.5 Å². The number of nitrogens with zero attached hydrogens (tertiary/aromatic N) is 2. The molecule has 0 unspecified atom stereocenters. The molecule has 21 heavy (non-hydrogen) atoms. The summed E-state index contributed by atoms with van der Waals surface area (Å²) >= 11 is 0. The Morgan fingerprint density at radius 3 is 2.81 bits per heavy atom. The van der Waals surface area contributed by atoms with Gasteiger partial charge in [0, 0.05) is 25.6 Å². The standard InChI is InChI=1S/C16H20FN3O/c1-12(21)19-10-13-5-7-20(8-6-13)11-15-4-2-3-14(9-18)16(15)17/h2-4,13H,5-8,10-11H2,1H3,(H,19,21). The number of piperidine rings is 1. The number of carbonyl (C=O) groups excluding carboxylic acids is 1. The molecule has 1 heterocycles. The van der Waals surface area contributed by atoms with E-state index in [2.05, 4.69) is 10.2 Å². The molecule has 0 spiro atoms. The van der Waals surface area contributed by atoms with Crippen molar-refractivity contribution in [3.05, 3.63) is 35.1 Å². The first kappa shape index (κ1) is 15.5. The van der Waals surface area contributed by atoms with Crippen molar-refractivity contribution in [3.8, 4) is 6.07 Å². The number of halogens is 1. The number of rotatable bonds is 4. The van der Waals surface area contributed by atoms with Crippen molar-refractivity contribution in [2.45, 2.75) is 26.3 Å². The molecule has 0 saturated carbocycles. The molecule has 0 aliphatic carbocycles. The third-order valence-corrected chi connectivity index (χ3v) is 3.94. The second-order valence-corrected chi connectivity index (χ2v) is 5.55. The van der Waals surface area contributed by atoms with Gasteiger partial charge in [-0.05, 0) is 37.9 Å². The maximum Gasteiger partial charge on any atom is 0.216 e. The number of amides is 1. The summed E-state index contributed by atoms with van der Waals surface area (Å²) in [5.74, 6) is 0.105. The van der Waals surface area contributed by atoms with Crippen molar-refractivity contribution in [1.82, 2.24) is 10.2 Å². The van der Waals surface area contributed by atoms with Crippen LogP contribution in [0.3, 0.4) is 0 Å². The molecule has 5 heteroatoms. The van der Waals surface area contributed by atoms with Gasteiger partial charge in [0.05, 0.1) is 5.56 Å². The van der Waals surface area contributed by atoms with Crippen molar-refractivity contribution < 1.29 is 9.18 Å². The van der Waals surface area contributed by atoms with Crippen LogP contribution in [0.25, 0.3) is 0 Å². The van der Waals surface area contributed by atoms with Crippen LogP contribution in [0.15, 0.2) is 18.2 Å². The summed E-state index contributed by atoms with van der Waals surface area (Å²) in [6, 6.07) is 6.83. The van der Waals surface area contributed by atoms with Gasteiger partial charge in [-0.15, -0.1) is 0 Å². The molecule has 1 aliphatic heterocycles. The Bertz CT molecular complexity index is 545. The molecule has 1 fully saturated rings. The van der Waals surface area contributed by atoms with E-state index >= 15 is 0 Å². The van der Waals surface area contributed by atoms with Crippen LogP contribution in [-0.4, -0.2) is 30.4 Å². The van der Waals surface area contributed by atoms with Gasteiger partial charge in [-0.1, -0.05) is 12.1 Å². The molecule has 1 aromatic carbocycles. The van der Waals surface area contributed by atoms with E-state index in [9.17, 15) is 9.18 Å². The van der Waals surface area contributed by atoms with Crippen LogP contribution in [0.1, 0.15) is 30.9 Å². The highest BCUT2D eigenvalue weighted by Crippen LogP contribution is 2.20. The maximum atomic E-state index is 14.0. The fourth-order valence-corrected chi connectivity index (χ4v) is 2.67. The summed E-state index contributed by atoms with van der Waals surface area (Å²) in [4.78, 5) is 13.1.